The molecule has 8 nitrogen and oxygen atoms in total. The minimum atomic E-state index is -3.72. The highest BCUT2D eigenvalue weighted by Crippen LogP contribution is 2.41. The van der Waals surface area contributed by atoms with Crippen molar-refractivity contribution in [2.24, 2.45) is 11.8 Å². The number of amides is 2. The number of nitrogens with zero attached hydrogens (tertiary/aromatic N) is 2. The van der Waals surface area contributed by atoms with Gasteiger partial charge in [0, 0.05) is 6.54 Å². The maximum atomic E-state index is 12.9. The molecule has 0 saturated carbocycles. The lowest BCUT2D eigenvalue weighted by Gasteiger charge is -2.29. The van der Waals surface area contributed by atoms with Crippen LogP contribution in [0.2, 0.25) is 0 Å². The second-order valence-electron chi connectivity index (χ2n) is 6.83. The van der Waals surface area contributed by atoms with E-state index in [9.17, 15) is 22.8 Å². The molecule has 2 fully saturated rings. The normalized spacial score (nSPS) is 26.4. The van der Waals surface area contributed by atoms with Crippen LogP contribution in [-0.2, 0) is 14.8 Å². The number of sulfonamides is 1. The quantitative estimate of drug-likeness (QED) is 0.726. The molecular weight excluding hydrogens is 348 g/mol. The van der Waals surface area contributed by atoms with Gasteiger partial charge in [0.2, 0.25) is 15.9 Å². The molecule has 2 saturated heterocycles. The molecule has 1 aromatic rings. The van der Waals surface area contributed by atoms with Crippen LogP contribution in [0.4, 0.5) is 0 Å². The van der Waals surface area contributed by atoms with Crippen molar-refractivity contribution in [2.75, 3.05) is 12.8 Å². The van der Waals surface area contributed by atoms with Gasteiger partial charge in [-0.05, 0) is 18.4 Å². The standard InChI is InChI=1S/C16H20N2O6S/c1-9(2)13-14-11(18(16(13)21)25(3,22)23)4-6-17(14)15(20)10-5-7-24-12(10)8-19/h5,7-9,11,13-14H,4,6H2,1-3H3/t11-,13?,14-/m1/s1. The Balaban J connectivity index is 2.01. The third-order valence-electron chi connectivity index (χ3n) is 4.96. The van der Waals surface area contributed by atoms with Crippen LogP contribution in [0.1, 0.15) is 41.2 Å². The second-order valence-corrected chi connectivity index (χ2v) is 8.69. The number of likely N-dealkylation sites (tertiary alicyclic amines) is 1. The van der Waals surface area contributed by atoms with Crippen LogP contribution in [0.15, 0.2) is 16.7 Å². The number of furan rings is 1. The second kappa shape index (κ2) is 5.98. The van der Waals surface area contributed by atoms with Crippen LogP contribution in [-0.4, -0.2) is 60.6 Å². The van der Waals surface area contributed by atoms with E-state index in [1.807, 2.05) is 13.8 Å². The van der Waals surface area contributed by atoms with Gasteiger partial charge < -0.3 is 9.32 Å². The summed E-state index contributed by atoms with van der Waals surface area (Å²) in [5, 5.41) is 0. The molecule has 0 bridgehead atoms. The van der Waals surface area contributed by atoms with Gasteiger partial charge in [-0.15, -0.1) is 0 Å². The molecule has 136 valence electrons. The number of rotatable bonds is 4. The number of hydrogen-bond donors (Lipinski definition) is 0. The Morgan fingerprint density at radius 3 is 2.64 bits per heavy atom. The average molecular weight is 368 g/mol. The third kappa shape index (κ3) is 2.66. The summed E-state index contributed by atoms with van der Waals surface area (Å²) in [6, 6.07) is 0.309. The molecule has 0 spiro atoms. The smallest absolute Gasteiger partial charge is 0.258 e. The summed E-state index contributed by atoms with van der Waals surface area (Å²) < 4.78 is 30.1. The van der Waals surface area contributed by atoms with Crippen molar-refractivity contribution in [2.45, 2.75) is 32.4 Å². The Morgan fingerprint density at radius 2 is 2.08 bits per heavy atom. The third-order valence-corrected chi connectivity index (χ3v) is 6.13. The zero-order chi connectivity index (χ0) is 18.5. The minimum absolute atomic E-state index is 0.0705. The van der Waals surface area contributed by atoms with Gasteiger partial charge in [-0.1, -0.05) is 13.8 Å². The molecule has 1 aromatic heterocycles. The van der Waals surface area contributed by atoms with Crippen LogP contribution in [0.5, 0.6) is 0 Å². The van der Waals surface area contributed by atoms with Crippen molar-refractivity contribution >= 4 is 28.1 Å². The fourth-order valence-electron chi connectivity index (χ4n) is 4.01. The summed E-state index contributed by atoms with van der Waals surface area (Å²) in [6.07, 6.45) is 3.11. The van der Waals surface area contributed by atoms with Gasteiger partial charge in [0.05, 0.1) is 36.1 Å². The van der Waals surface area contributed by atoms with E-state index in [4.69, 9.17) is 4.42 Å². The molecule has 0 aromatic carbocycles. The van der Waals surface area contributed by atoms with Gasteiger partial charge in [-0.2, -0.15) is 0 Å². The monoisotopic (exact) mass is 368 g/mol. The number of hydrogen-bond acceptors (Lipinski definition) is 6. The summed E-state index contributed by atoms with van der Waals surface area (Å²) in [5.74, 6) is -1.68. The highest BCUT2D eigenvalue weighted by Gasteiger charge is 2.58. The van der Waals surface area contributed by atoms with Crippen molar-refractivity contribution in [3.8, 4) is 0 Å². The van der Waals surface area contributed by atoms with Crippen molar-refractivity contribution in [1.29, 1.82) is 0 Å². The van der Waals surface area contributed by atoms with E-state index in [1.165, 1.54) is 17.2 Å². The van der Waals surface area contributed by atoms with Crippen LogP contribution in [0.25, 0.3) is 0 Å². The summed E-state index contributed by atoms with van der Waals surface area (Å²) in [6.45, 7) is 3.99. The lowest BCUT2D eigenvalue weighted by atomic mass is 9.88. The Hall–Kier alpha value is -2.16. The molecule has 2 aliphatic heterocycles. The highest BCUT2D eigenvalue weighted by atomic mass is 32.2. The van der Waals surface area contributed by atoms with Crippen molar-refractivity contribution in [3.05, 3.63) is 23.7 Å². The molecule has 2 amide bonds. The van der Waals surface area contributed by atoms with E-state index in [-0.39, 0.29) is 17.2 Å². The van der Waals surface area contributed by atoms with Gasteiger partial charge >= 0.3 is 0 Å². The van der Waals surface area contributed by atoms with E-state index in [0.717, 1.165) is 10.6 Å². The zero-order valence-electron chi connectivity index (χ0n) is 14.2. The number of carbonyl (C=O) groups excluding carboxylic acids is 3. The van der Waals surface area contributed by atoms with Crippen molar-refractivity contribution in [3.63, 3.8) is 0 Å². The first-order valence-electron chi connectivity index (χ1n) is 8.05. The fourth-order valence-corrected chi connectivity index (χ4v) is 5.18. The van der Waals surface area contributed by atoms with E-state index in [2.05, 4.69) is 0 Å². The molecule has 3 atom stereocenters. The van der Waals surface area contributed by atoms with Gasteiger partial charge in [0.1, 0.15) is 0 Å². The summed E-state index contributed by atoms with van der Waals surface area (Å²) >= 11 is 0. The summed E-state index contributed by atoms with van der Waals surface area (Å²) in [5.41, 5.74) is 0.128. The van der Waals surface area contributed by atoms with E-state index < -0.39 is 39.8 Å². The lowest BCUT2D eigenvalue weighted by molar-refractivity contribution is -0.129. The molecular formula is C16H20N2O6S. The molecule has 9 heteroatoms. The van der Waals surface area contributed by atoms with Gasteiger partial charge in [-0.25, -0.2) is 12.7 Å². The Labute approximate surface area is 145 Å². The van der Waals surface area contributed by atoms with Crippen molar-refractivity contribution in [1.82, 2.24) is 9.21 Å². The van der Waals surface area contributed by atoms with E-state index in [1.54, 1.807) is 0 Å². The molecule has 1 unspecified atom stereocenters. The Morgan fingerprint density at radius 1 is 1.40 bits per heavy atom. The average Bonchev–Trinajstić information content (AvgIpc) is 3.17. The van der Waals surface area contributed by atoms with Crippen molar-refractivity contribution < 1.29 is 27.2 Å². The topological polar surface area (TPSA) is 105 Å². The first-order valence-corrected chi connectivity index (χ1v) is 9.90. The molecule has 25 heavy (non-hydrogen) atoms. The van der Waals surface area contributed by atoms with Crippen LogP contribution in [0.3, 0.4) is 0 Å². The maximum Gasteiger partial charge on any atom is 0.258 e. The SMILES string of the molecule is CC(C)C1C(=O)N(S(C)(=O)=O)[C@@H]2CCN(C(=O)c3ccoc3C=O)[C@@H]12. The van der Waals surface area contributed by atoms with E-state index >= 15 is 0 Å². The first kappa shape index (κ1) is 17.7. The van der Waals surface area contributed by atoms with Crippen LogP contribution >= 0.6 is 0 Å². The number of aldehydes is 1. The van der Waals surface area contributed by atoms with Crippen LogP contribution < -0.4 is 0 Å². The maximum absolute atomic E-state index is 12.9. The van der Waals surface area contributed by atoms with Gasteiger partial charge in [-0.3, -0.25) is 14.4 Å². The predicted molar refractivity (Wildman–Crippen MR) is 87.3 cm³/mol. The molecule has 2 aliphatic rings. The summed E-state index contributed by atoms with van der Waals surface area (Å²) in [4.78, 5) is 38.2. The Kier molecular flexibility index (Phi) is 4.22. The number of carbonyl (C=O) groups is 3. The first-order chi connectivity index (χ1) is 11.7. The Bertz CT molecular complexity index is 827. The molecule has 0 aliphatic carbocycles. The van der Waals surface area contributed by atoms with Gasteiger partial charge in [0.25, 0.3) is 5.91 Å². The van der Waals surface area contributed by atoms with Gasteiger partial charge in [0.15, 0.2) is 12.0 Å². The highest BCUT2D eigenvalue weighted by molar-refractivity contribution is 7.88. The predicted octanol–water partition coefficient (Wildman–Crippen LogP) is 0.749. The molecule has 0 radical (unpaired) electrons. The lowest BCUT2D eigenvalue weighted by Crippen LogP contribution is -2.44. The molecule has 3 heterocycles. The zero-order valence-corrected chi connectivity index (χ0v) is 15.0. The summed E-state index contributed by atoms with van der Waals surface area (Å²) in [7, 11) is -3.72. The minimum Gasteiger partial charge on any atom is -0.461 e. The fraction of sp³-hybridized carbons (Fsp3) is 0.562. The number of fused-ring (bicyclic) bond motifs is 1. The molecule has 3 rings (SSSR count). The molecule has 0 N–H and O–H groups in total. The van der Waals surface area contributed by atoms with Crippen LogP contribution in [0, 0.1) is 11.8 Å². The largest absolute Gasteiger partial charge is 0.461 e. The van der Waals surface area contributed by atoms with E-state index in [0.29, 0.717) is 19.3 Å².